The van der Waals surface area contributed by atoms with Crippen LogP contribution in [0, 0.1) is 12.8 Å². The van der Waals surface area contributed by atoms with E-state index in [-0.39, 0.29) is 24.6 Å². The van der Waals surface area contributed by atoms with Gasteiger partial charge in [0.15, 0.2) is 0 Å². The highest BCUT2D eigenvalue weighted by atomic mass is 32.1. The van der Waals surface area contributed by atoms with Crippen molar-refractivity contribution >= 4 is 17.5 Å². The number of aromatic nitrogens is 2. The maximum Gasteiger partial charge on any atom is 0.309 e. The van der Waals surface area contributed by atoms with E-state index in [0.717, 1.165) is 23.4 Å². The lowest BCUT2D eigenvalue weighted by Gasteiger charge is -2.25. The van der Waals surface area contributed by atoms with Crippen molar-refractivity contribution in [3.8, 4) is 0 Å². The normalized spacial score (nSPS) is 24.6. The molecule has 1 fully saturated rings. The van der Waals surface area contributed by atoms with Crippen molar-refractivity contribution in [1.82, 2.24) is 9.59 Å². The van der Waals surface area contributed by atoms with Gasteiger partial charge in [0, 0.05) is 6.61 Å². The molecule has 2 atom stereocenters. The van der Waals surface area contributed by atoms with Crippen LogP contribution in [-0.4, -0.2) is 28.3 Å². The second-order valence-electron chi connectivity index (χ2n) is 4.29. The zero-order valence-electron chi connectivity index (χ0n) is 10.0. The molecule has 2 rings (SSSR count). The molecule has 17 heavy (non-hydrogen) atoms. The Morgan fingerprint density at radius 1 is 1.65 bits per heavy atom. The zero-order chi connectivity index (χ0) is 12.3. The average molecular weight is 256 g/mol. The summed E-state index contributed by atoms with van der Waals surface area (Å²) in [5, 5.41) is 3.88. The largest absolute Gasteiger partial charge is 0.460 e. The smallest absolute Gasteiger partial charge is 0.309 e. The fourth-order valence-corrected chi connectivity index (χ4v) is 2.40. The van der Waals surface area contributed by atoms with Gasteiger partial charge in [-0.15, -0.1) is 5.10 Å². The highest BCUT2D eigenvalue weighted by molar-refractivity contribution is 7.05. The highest BCUT2D eigenvalue weighted by Gasteiger charge is 2.27. The molecule has 0 radical (unpaired) electrons. The summed E-state index contributed by atoms with van der Waals surface area (Å²) in [4.78, 5) is 12.8. The number of carbonyl (C=O) groups excluding carboxylic acids is 1. The first kappa shape index (κ1) is 12.4. The standard InChI is InChI=1S/C11H16N2O3S/c1-7-5-9(3-4-15-7)11(14)16-6-10-8(2)12-13-17-10/h7,9H,3-6H2,1-2H3/t7-,9+/m1/s1. The molecular weight excluding hydrogens is 240 g/mol. The minimum atomic E-state index is -0.132. The van der Waals surface area contributed by atoms with E-state index in [1.54, 1.807) is 0 Å². The van der Waals surface area contributed by atoms with E-state index in [1.165, 1.54) is 11.5 Å². The van der Waals surface area contributed by atoms with Crippen LogP contribution >= 0.6 is 11.5 Å². The van der Waals surface area contributed by atoms with Crippen LogP contribution in [0.5, 0.6) is 0 Å². The van der Waals surface area contributed by atoms with Gasteiger partial charge in [0.1, 0.15) is 6.61 Å². The van der Waals surface area contributed by atoms with Crippen molar-refractivity contribution in [2.45, 2.75) is 39.4 Å². The molecule has 0 saturated carbocycles. The molecule has 0 aromatic carbocycles. The van der Waals surface area contributed by atoms with Crippen LogP contribution in [0.15, 0.2) is 0 Å². The van der Waals surface area contributed by atoms with Crippen LogP contribution in [0.1, 0.15) is 30.3 Å². The van der Waals surface area contributed by atoms with E-state index in [2.05, 4.69) is 9.59 Å². The summed E-state index contributed by atoms with van der Waals surface area (Å²) in [5.41, 5.74) is 0.836. The van der Waals surface area contributed by atoms with Crippen molar-refractivity contribution in [3.63, 3.8) is 0 Å². The fraction of sp³-hybridized carbons (Fsp3) is 0.727. The van der Waals surface area contributed by atoms with Crippen LogP contribution in [0.2, 0.25) is 0 Å². The monoisotopic (exact) mass is 256 g/mol. The van der Waals surface area contributed by atoms with E-state index < -0.39 is 0 Å². The summed E-state index contributed by atoms with van der Waals surface area (Å²) < 4.78 is 14.5. The third-order valence-corrected chi connectivity index (χ3v) is 3.71. The summed E-state index contributed by atoms with van der Waals surface area (Å²) >= 11 is 1.28. The minimum absolute atomic E-state index is 0.0278. The van der Waals surface area contributed by atoms with Crippen molar-refractivity contribution in [3.05, 3.63) is 10.6 Å². The van der Waals surface area contributed by atoms with Crippen molar-refractivity contribution in [1.29, 1.82) is 0 Å². The van der Waals surface area contributed by atoms with Gasteiger partial charge in [-0.25, -0.2) is 0 Å². The van der Waals surface area contributed by atoms with Crippen LogP contribution in [0.25, 0.3) is 0 Å². The van der Waals surface area contributed by atoms with Gasteiger partial charge in [-0.05, 0) is 38.2 Å². The molecule has 0 amide bonds. The Morgan fingerprint density at radius 2 is 2.47 bits per heavy atom. The molecule has 5 nitrogen and oxygen atoms in total. The Morgan fingerprint density at radius 3 is 3.12 bits per heavy atom. The Bertz CT molecular complexity index is 394. The number of ether oxygens (including phenoxy) is 2. The Hall–Kier alpha value is -1.01. The quantitative estimate of drug-likeness (QED) is 0.770. The molecule has 0 N–H and O–H groups in total. The van der Waals surface area contributed by atoms with Gasteiger partial charge in [-0.3, -0.25) is 4.79 Å². The van der Waals surface area contributed by atoms with Crippen molar-refractivity contribution in [2.24, 2.45) is 5.92 Å². The van der Waals surface area contributed by atoms with E-state index in [9.17, 15) is 4.79 Å². The predicted octanol–water partition coefficient (Wildman–Crippen LogP) is 1.70. The maximum atomic E-state index is 11.8. The topological polar surface area (TPSA) is 61.3 Å². The molecule has 0 spiro atoms. The first-order valence-corrected chi connectivity index (χ1v) is 6.50. The summed E-state index contributed by atoms with van der Waals surface area (Å²) in [6, 6.07) is 0. The number of rotatable bonds is 3. The van der Waals surface area contributed by atoms with Gasteiger partial charge >= 0.3 is 5.97 Å². The molecule has 1 aliphatic heterocycles. The number of hydrogen-bond acceptors (Lipinski definition) is 6. The molecule has 1 aromatic heterocycles. The number of hydrogen-bond donors (Lipinski definition) is 0. The third kappa shape index (κ3) is 3.23. The van der Waals surface area contributed by atoms with E-state index in [4.69, 9.17) is 9.47 Å². The Kier molecular flexibility index (Phi) is 4.06. The van der Waals surface area contributed by atoms with Gasteiger partial charge in [-0.2, -0.15) is 0 Å². The van der Waals surface area contributed by atoms with Gasteiger partial charge in [0.2, 0.25) is 0 Å². The van der Waals surface area contributed by atoms with Crippen LogP contribution in [0.4, 0.5) is 0 Å². The lowest BCUT2D eigenvalue weighted by Crippen LogP contribution is -2.29. The summed E-state index contributed by atoms with van der Waals surface area (Å²) in [7, 11) is 0. The van der Waals surface area contributed by atoms with E-state index >= 15 is 0 Å². The van der Waals surface area contributed by atoms with Crippen LogP contribution in [-0.2, 0) is 20.9 Å². The number of carbonyl (C=O) groups is 1. The lowest BCUT2D eigenvalue weighted by atomic mass is 9.96. The molecule has 0 unspecified atom stereocenters. The lowest BCUT2D eigenvalue weighted by molar-refractivity contribution is -0.154. The molecule has 0 bridgehead atoms. The molecular formula is C11H16N2O3S. The first-order valence-electron chi connectivity index (χ1n) is 5.73. The predicted molar refractivity (Wildman–Crippen MR) is 62.6 cm³/mol. The zero-order valence-corrected chi connectivity index (χ0v) is 10.8. The van der Waals surface area contributed by atoms with Gasteiger partial charge < -0.3 is 9.47 Å². The number of nitrogens with zero attached hydrogens (tertiary/aromatic N) is 2. The second kappa shape index (κ2) is 5.55. The van der Waals surface area contributed by atoms with Crippen LogP contribution < -0.4 is 0 Å². The maximum absolute atomic E-state index is 11.8. The molecule has 6 heteroatoms. The summed E-state index contributed by atoms with van der Waals surface area (Å²) in [5.74, 6) is -0.159. The second-order valence-corrected chi connectivity index (χ2v) is 5.13. The number of aryl methyl sites for hydroxylation is 1. The number of esters is 1. The molecule has 1 saturated heterocycles. The Labute approximate surface area is 104 Å². The third-order valence-electron chi connectivity index (χ3n) is 2.91. The molecule has 1 aromatic rings. The Balaban J connectivity index is 1.83. The summed E-state index contributed by atoms with van der Waals surface area (Å²) in [6.45, 7) is 4.77. The first-order chi connectivity index (χ1) is 8.16. The van der Waals surface area contributed by atoms with Gasteiger partial charge in [0.05, 0.1) is 22.6 Å². The fourth-order valence-electron chi connectivity index (χ4n) is 1.85. The molecule has 94 valence electrons. The highest BCUT2D eigenvalue weighted by Crippen LogP contribution is 2.22. The average Bonchev–Trinajstić information content (AvgIpc) is 2.72. The molecule has 2 heterocycles. The van der Waals surface area contributed by atoms with E-state index in [0.29, 0.717) is 6.61 Å². The van der Waals surface area contributed by atoms with Crippen molar-refractivity contribution < 1.29 is 14.3 Å². The van der Waals surface area contributed by atoms with Crippen molar-refractivity contribution in [2.75, 3.05) is 6.61 Å². The molecule has 0 aliphatic carbocycles. The SMILES string of the molecule is Cc1nnsc1COC(=O)[C@H]1CCO[C@H](C)C1. The minimum Gasteiger partial charge on any atom is -0.460 e. The van der Waals surface area contributed by atoms with Gasteiger partial charge in [0.25, 0.3) is 0 Å². The van der Waals surface area contributed by atoms with Crippen LogP contribution in [0.3, 0.4) is 0 Å². The van der Waals surface area contributed by atoms with E-state index in [1.807, 2.05) is 13.8 Å². The summed E-state index contributed by atoms with van der Waals surface area (Å²) in [6.07, 6.45) is 1.65. The molecule has 1 aliphatic rings. The van der Waals surface area contributed by atoms with Gasteiger partial charge in [-0.1, -0.05) is 4.49 Å².